The number of benzene rings is 4. The van der Waals surface area contributed by atoms with E-state index in [1.165, 1.54) is 53.4 Å². The highest BCUT2D eigenvalue weighted by molar-refractivity contribution is 8.00. The van der Waals surface area contributed by atoms with Gasteiger partial charge in [-0.1, -0.05) is 48.6 Å². The van der Waals surface area contributed by atoms with Gasteiger partial charge in [0.05, 0.1) is 20.4 Å². The first-order chi connectivity index (χ1) is 22.2. The van der Waals surface area contributed by atoms with Gasteiger partial charge < -0.3 is 16.0 Å². The monoisotopic (exact) mass is 651 g/mol. The minimum absolute atomic E-state index is 0.0578. The number of amides is 3. The topological polar surface area (TPSA) is 143 Å². The molecule has 5 rings (SSSR count). The predicted octanol–water partition coefficient (Wildman–Crippen LogP) is 7.43. The lowest BCUT2D eigenvalue weighted by molar-refractivity contribution is -0.384. The highest BCUT2D eigenvalue weighted by atomic mass is 32.2. The van der Waals surface area contributed by atoms with Crippen molar-refractivity contribution in [3.63, 3.8) is 0 Å². The van der Waals surface area contributed by atoms with E-state index in [-0.39, 0.29) is 17.3 Å². The van der Waals surface area contributed by atoms with Crippen molar-refractivity contribution in [2.75, 3.05) is 10.6 Å². The average molecular weight is 652 g/mol. The van der Waals surface area contributed by atoms with Gasteiger partial charge in [-0.25, -0.2) is 4.98 Å². The molecule has 232 valence electrons. The largest absolute Gasteiger partial charge is 0.321 e. The number of nitro benzene ring substituents is 1. The van der Waals surface area contributed by atoms with Crippen LogP contribution in [0.15, 0.2) is 108 Å². The summed E-state index contributed by atoms with van der Waals surface area (Å²) in [7, 11) is 0. The third-order valence-corrected chi connectivity index (χ3v) is 9.04. The van der Waals surface area contributed by atoms with Crippen LogP contribution in [0.25, 0.3) is 16.3 Å². The van der Waals surface area contributed by atoms with Crippen molar-refractivity contribution in [2.45, 2.75) is 30.4 Å². The van der Waals surface area contributed by atoms with Crippen LogP contribution in [0.3, 0.4) is 0 Å². The van der Waals surface area contributed by atoms with Crippen LogP contribution in [0.1, 0.15) is 34.8 Å². The molecule has 12 heteroatoms. The summed E-state index contributed by atoms with van der Waals surface area (Å²) < 4.78 is 1.00. The molecule has 0 saturated heterocycles. The Morgan fingerprint density at radius 1 is 0.957 bits per heavy atom. The number of hydrogen-bond acceptors (Lipinski definition) is 8. The Morgan fingerprint density at radius 3 is 2.43 bits per heavy atom. The number of rotatable bonds is 11. The molecule has 0 saturated carbocycles. The fraction of sp³-hybridized carbons (Fsp3) is 0.118. The molecule has 0 aliphatic rings. The van der Waals surface area contributed by atoms with E-state index in [0.29, 0.717) is 28.4 Å². The van der Waals surface area contributed by atoms with Gasteiger partial charge >= 0.3 is 0 Å². The second-order valence-corrected chi connectivity index (χ2v) is 12.5. The Hall–Kier alpha value is -5.33. The van der Waals surface area contributed by atoms with Crippen LogP contribution in [0.2, 0.25) is 0 Å². The zero-order chi connectivity index (χ0) is 32.6. The van der Waals surface area contributed by atoms with Crippen molar-refractivity contribution in [3.05, 3.63) is 130 Å². The van der Waals surface area contributed by atoms with E-state index in [9.17, 15) is 24.5 Å². The summed E-state index contributed by atoms with van der Waals surface area (Å²) >= 11 is 2.79. The SMILES string of the molecule is CCC(Sc1cccc(NC(=O)/C(=C\c2ccc([N+](=O)[O-])cc2)NC(=O)c2ccccc2)c1)C(=O)Nc1nc2ccc(C)cc2s1. The van der Waals surface area contributed by atoms with Crippen LogP contribution >= 0.6 is 23.1 Å². The molecule has 0 bridgehead atoms. The zero-order valence-electron chi connectivity index (χ0n) is 24.9. The lowest BCUT2D eigenvalue weighted by Crippen LogP contribution is -2.30. The lowest BCUT2D eigenvalue weighted by Gasteiger charge is -2.15. The third-order valence-electron chi connectivity index (χ3n) is 6.75. The van der Waals surface area contributed by atoms with Crippen LogP contribution in [0.5, 0.6) is 0 Å². The molecule has 0 aliphatic heterocycles. The molecule has 3 amide bonds. The van der Waals surface area contributed by atoms with E-state index in [2.05, 4.69) is 20.9 Å². The second-order valence-electron chi connectivity index (χ2n) is 10.2. The molecular formula is C34H29N5O5S2. The molecule has 4 aromatic carbocycles. The molecule has 0 fully saturated rings. The van der Waals surface area contributed by atoms with Gasteiger partial charge in [0.2, 0.25) is 5.91 Å². The summed E-state index contributed by atoms with van der Waals surface area (Å²) in [5, 5.41) is 19.6. The summed E-state index contributed by atoms with van der Waals surface area (Å²) in [6.07, 6.45) is 2.00. The van der Waals surface area contributed by atoms with E-state index >= 15 is 0 Å². The molecule has 1 aromatic heterocycles. The van der Waals surface area contributed by atoms with E-state index in [1.807, 2.05) is 38.1 Å². The van der Waals surface area contributed by atoms with Gasteiger partial charge in [-0.05, 0) is 85.1 Å². The first-order valence-corrected chi connectivity index (χ1v) is 16.0. The van der Waals surface area contributed by atoms with Crippen LogP contribution < -0.4 is 16.0 Å². The zero-order valence-corrected chi connectivity index (χ0v) is 26.5. The van der Waals surface area contributed by atoms with Crippen molar-refractivity contribution in [1.82, 2.24) is 10.3 Å². The van der Waals surface area contributed by atoms with E-state index in [1.54, 1.807) is 48.5 Å². The standard InChI is InChI=1S/C34H29N5O5S2/c1-3-29(33(42)38-34-37-27-17-12-21(2)18-30(27)46-34)45-26-11-7-10-24(20-26)35-32(41)28(36-31(40)23-8-5-4-6-9-23)19-22-13-15-25(16-14-22)39(43)44/h4-20,29H,3H2,1-2H3,(H,35,41)(H,36,40)(H,37,38,42)/b28-19+. The number of aromatic nitrogens is 1. The molecule has 3 N–H and O–H groups in total. The number of fused-ring (bicyclic) bond motifs is 1. The van der Waals surface area contributed by atoms with Crippen molar-refractivity contribution in [2.24, 2.45) is 0 Å². The Bertz CT molecular complexity index is 1940. The number of carbonyl (C=O) groups is 3. The quantitative estimate of drug-likeness (QED) is 0.0583. The Labute approximate surface area is 273 Å². The van der Waals surface area contributed by atoms with Crippen molar-refractivity contribution in [3.8, 4) is 0 Å². The van der Waals surface area contributed by atoms with Crippen molar-refractivity contribution in [1.29, 1.82) is 0 Å². The van der Waals surface area contributed by atoms with Gasteiger partial charge in [0.15, 0.2) is 5.13 Å². The molecule has 1 heterocycles. The summed E-state index contributed by atoms with van der Waals surface area (Å²) in [5.74, 6) is -1.26. The Morgan fingerprint density at radius 2 is 1.72 bits per heavy atom. The van der Waals surface area contributed by atoms with Crippen LogP contribution in [0.4, 0.5) is 16.5 Å². The number of carbonyl (C=O) groups excluding carboxylic acids is 3. The number of nitro groups is 1. The molecular weight excluding hydrogens is 623 g/mol. The molecule has 46 heavy (non-hydrogen) atoms. The number of nitrogens with zero attached hydrogens (tertiary/aromatic N) is 2. The van der Waals surface area contributed by atoms with Gasteiger partial charge in [-0.2, -0.15) is 0 Å². The average Bonchev–Trinajstić information content (AvgIpc) is 3.45. The van der Waals surface area contributed by atoms with Crippen LogP contribution in [0, 0.1) is 17.0 Å². The molecule has 0 aliphatic carbocycles. The fourth-order valence-electron chi connectivity index (χ4n) is 4.40. The molecule has 0 radical (unpaired) electrons. The van der Waals surface area contributed by atoms with Crippen molar-refractivity contribution >= 4 is 73.6 Å². The first kappa shape index (κ1) is 32.1. The fourth-order valence-corrected chi connectivity index (χ4v) is 6.38. The predicted molar refractivity (Wildman–Crippen MR) is 183 cm³/mol. The Kier molecular flexibility index (Phi) is 10.2. The summed E-state index contributed by atoms with van der Waals surface area (Å²) in [6, 6.07) is 27.1. The van der Waals surface area contributed by atoms with E-state index in [0.717, 1.165) is 20.7 Å². The normalized spacial score (nSPS) is 11.9. The second kappa shape index (κ2) is 14.6. The van der Waals surface area contributed by atoms with Crippen molar-refractivity contribution < 1.29 is 19.3 Å². The molecule has 10 nitrogen and oxygen atoms in total. The van der Waals surface area contributed by atoms with Crippen LogP contribution in [-0.2, 0) is 9.59 Å². The Balaban J connectivity index is 1.31. The highest BCUT2D eigenvalue weighted by Gasteiger charge is 2.21. The van der Waals surface area contributed by atoms with Crippen LogP contribution in [-0.4, -0.2) is 32.9 Å². The molecule has 1 unspecified atom stereocenters. The summed E-state index contributed by atoms with van der Waals surface area (Å²) in [6.45, 7) is 3.93. The van der Waals surface area contributed by atoms with E-state index < -0.39 is 22.0 Å². The molecule has 1 atom stereocenters. The van der Waals surface area contributed by atoms with Gasteiger partial charge in [-0.3, -0.25) is 24.5 Å². The first-order valence-electron chi connectivity index (χ1n) is 14.3. The smallest absolute Gasteiger partial charge is 0.272 e. The van der Waals surface area contributed by atoms with Gasteiger partial charge in [0.25, 0.3) is 17.5 Å². The minimum Gasteiger partial charge on any atom is -0.321 e. The van der Waals surface area contributed by atoms with Gasteiger partial charge in [-0.15, -0.1) is 11.8 Å². The molecule has 0 spiro atoms. The number of non-ortho nitro benzene ring substituents is 1. The van der Waals surface area contributed by atoms with Gasteiger partial charge in [0, 0.05) is 28.3 Å². The number of hydrogen-bond donors (Lipinski definition) is 3. The third kappa shape index (κ3) is 8.23. The lowest BCUT2D eigenvalue weighted by atomic mass is 10.1. The number of nitrogens with one attached hydrogen (secondary N) is 3. The van der Waals surface area contributed by atoms with E-state index in [4.69, 9.17) is 0 Å². The maximum atomic E-state index is 13.5. The summed E-state index contributed by atoms with van der Waals surface area (Å²) in [4.78, 5) is 55.4. The number of aryl methyl sites for hydroxylation is 1. The van der Waals surface area contributed by atoms with Gasteiger partial charge in [0.1, 0.15) is 5.70 Å². The number of thiazole rings is 1. The molecule has 5 aromatic rings. The number of anilines is 2. The number of thioether (sulfide) groups is 1. The maximum Gasteiger partial charge on any atom is 0.272 e. The minimum atomic E-state index is -0.597. The maximum absolute atomic E-state index is 13.5. The summed E-state index contributed by atoms with van der Waals surface area (Å²) in [5.41, 5.74) is 3.09. The highest BCUT2D eigenvalue weighted by Crippen LogP contribution is 2.31.